The van der Waals surface area contributed by atoms with Crippen LogP contribution in [0.15, 0.2) is 0 Å². The monoisotopic (exact) mass is 240 g/mol. The third kappa shape index (κ3) is 3.19. The van der Waals surface area contributed by atoms with Gasteiger partial charge in [-0.3, -0.25) is 9.69 Å². The Morgan fingerprint density at radius 2 is 2.06 bits per heavy atom. The molecule has 2 atom stereocenters. The van der Waals surface area contributed by atoms with Gasteiger partial charge >= 0.3 is 0 Å². The fourth-order valence-corrected chi connectivity index (χ4v) is 2.67. The van der Waals surface area contributed by atoms with E-state index in [0.717, 1.165) is 39.2 Å². The highest BCUT2D eigenvalue weighted by Crippen LogP contribution is 2.22. The van der Waals surface area contributed by atoms with E-state index in [0.29, 0.717) is 12.0 Å². The number of epoxide rings is 1. The maximum absolute atomic E-state index is 12.4. The molecule has 2 aliphatic heterocycles. The minimum absolute atomic E-state index is 0.104. The lowest BCUT2D eigenvalue weighted by Gasteiger charge is -2.37. The Morgan fingerprint density at radius 1 is 1.35 bits per heavy atom. The summed E-state index contributed by atoms with van der Waals surface area (Å²) in [5.74, 6) is 0.315. The van der Waals surface area contributed by atoms with Crippen molar-refractivity contribution in [3.05, 3.63) is 0 Å². The highest BCUT2D eigenvalue weighted by atomic mass is 16.6. The third-order valence-electron chi connectivity index (χ3n) is 3.81. The summed E-state index contributed by atoms with van der Waals surface area (Å²) >= 11 is 0. The molecule has 2 heterocycles. The molecule has 4 heteroatoms. The minimum atomic E-state index is 0.104. The first-order chi connectivity index (χ1) is 8.26. The number of nitrogens with zero attached hydrogens (tertiary/aromatic N) is 2. The Bertz CT molecular complexity index is 262. The molecular weight excluding hydrogens is 216 g/mol. The summed E-state index contributed by atoms with van der Waals surface area (Å²) in [5.41, 5.74) is 0. The molecule has 0 N–H and O–H groups in total. The molecule has 0 aromatic heterocycles. The second kappa shape index (κ2) is 5.83. The summed E-state index contributed by atoms with van der Waals surface area (Å²) < 4.78 is 5.29. The molecule has 2 rings (SSSR count). The van der Waals surface area contributed by atoms with Gasteiger partial charge in [0.15, 0.2) is 0 Å². The molecule has 0 aliphatic carbocycles. The number of hydrogen-bond donors (Lipinski definition) is 0. The zero-order valence-electron chi connectivity index (χ0n) is 11.0. The van der Waals surface area contributed by atoms with E-state index in [1.54, 1.807) is 0 Å². The van der Waals surface area contributed by atoms with E-state index in [1.165, 1.54) is 12.8 Å². The number of amides is 1. The average molecular weight is 240 g/mol. The fraction of sp³-hybridized carbons (Fsp3) is 0.923. The summed E-state index contributed by atoms with van der Waals surface area (Å²) in [6, 6.07) is 0.104. The first kappa shape index (κ1) is 12.8. The number of hydrogen-bond acceptors (Lipinski definition) is 3. The lowest BCUT2D eigenvalue weighted by atomic mass is 10.0. The number of piperidine rings is 1. The normalized spacial score (nSPS) is 29.1. The summed E-state index contributed by atoms with van der Waals surface area (Å²) in [6.07, 6.45) is 3.80. The number of ether oxygens (including phenoxy) is 1. The third-order valence-corrected chi connectivity index (χ3v) is 3.81. The fourth-order valence-electron chi connectivity index (χ4n) is 2.67. The molecule has 0 aromatic carbocycles. The van der Waals surface area contributed by atoms with Gasteiger partial charge in [0.2, 0.25) is 5.91 Å². The van der Waals surface area contributed by atoms with E-state index in [2.05, 4.69) is 18.7 Å². The van der Waals surface area contributed by atoms with Crippen LogP contribution in [0, 0.1) is 0 Å². The van der Waals surface area contributed by atoms with Gasteiger partial charge < -0.3 is 9.64 Å². The summed E-state index contributed by atoms with van der Waals surface area (Å²) in [5, 5.41) is 0. The van der Waals surface area contributed by atoms with Gasteiger partial charge in [0, 0.05) is 19.6 Å². The van der Waals surface area contributed by atoms with Crippen LogP contribution in [-0.4, -0.2) is 60.6 Å². The predicted octanol–water partition coefficient (Wildman–Crippen LogP) is 1.11. The summed E-state index contributed by atoms with van der Waals surface area (Å²) in [7, 11) is 0. The van der Waals surface area contributed by atoms with Crippen molar-refractivity contribution in [1.29, 1.82) is 0 Å². The standard InChI is InChI=1S/C13H24N2O2/c1-3-14(4-2)13(16)12-7-5-6-8-15(12)9-11-10-17-11/h11-12H,3-10H2,1-2H3/t11-,12+/m1/s1. The first-order valence-corrected chi connectivity index (χ1v) is 6.90. The van der Waals surface area contributed by atoms with E-state index in [9.17, 15) is 4.79 Å². The number of carbonyl (C=O) groups excluding carboxylic acids is 1. The van der Waals surface area contributed by atoms with Crippen molar-refractivity contribution < 1.29 is 9.53 Å². The number of likely N-dealkylation sites (N-methyl/N-ethyl adjacent to an activating group) is 1. The van der Waals surface area contributed by atoms with Crippen LogP contribution in [0.25, 0.3) is 0 Å². The molecule has 1 amide bonds. The predicted molar refractivity (Wildman–Crippen MR) is 66.9 cm³/mol. The second-order valence-electron chi connectivity index (χ2n) is 4.97. The quantitative estimate of drug-likeness (QED) is 0.675. The minimum Gasteiger partial charge on any atom is -0.372 e. The maximum Gasteiger partial charge on any atom is 0.239 e. The smallest absolute Gasteiger partial charge is 0.239 e. The highest BCUT2D eigenvalue weighted by molar-refractivity contribution is 5.82. The zero-order valence-corrected chi connectivity index (χ0v) is 11.0. The Labute approximate surface area is 104 Å². The van der Waals surface area contributed by atoms with Gasteiger partial charge in [-0.15, -0.1) is 0 Å². The van der Waals surface area contributed by atoms with Gasteiger partial charge in [0.05, 0.1) is 18.8 Å². The molecule has 98 valence electrons. The lowest BCUT2D eigenvalue weighted by molar-refractivity contribution is -0.138. The van der Waals surface area contributed by atoms with E-state index >= 15 is 0 Å². The molecule has 4 nitrogen and oxygen atoms in total. The average Bonchev–Trinajstić information content (AvgIpc) is 3.15. The SMILES string of the molecule is CCN(CC)C(=O)[C@@H]1CCCCN1C[C@@H]1CO1. The first-order valence-electron chi connectivity index (χ1n) is 6.90. The van der Waals surface area contributed by atoms with Crippen molar-refractivity contribution in [3.8, 4) is 0 Å². The molecular formula is C13H24N2O2. The molecule has 2 fully saturated rings. The second-order valence-corrected chi connectivity index (χ2v) is 4.97. The lowest BCUT2D eigenvalue weighted by Crippen LogP contribution is -2.51. The Morgan fingerprint density at radius 3 is 2.65 bits per heavy atom. The van der Waals surface area contributed by atoms with Gasteiger partial charge in [-0.05, 0) is 33.2 Å². The molecule has 0 bridgehead atoms. The zero-order chi connectivity index (χ0) is 12.3. The van der Waals surface area contributed by atoms with Crippen molar-refractivity contribution in [1.82, 2.24) is 9.80 Å². The maximum atomic E-state index is 12.4. The molecule has 0 radical (unpaired) electrons. The van der Waals surface area contributed by atoms with Crippen LogP contribution >= 0.6 is 0 Å². The molecule has 2 saturated heterocycles. The topological polar surface area (TPSA) is 36.1 Å². The molecule has 2 aliphatic rings. The number of carbonyl (C=O) groups is 1. The molecule has 0 unspecified atom stereocenters. The van der Waals surface area contributed by atoms with Crippen LogP contribution in [0.1, 0.15) is 33.1 Å². The molecule has 0 spiro atoms. The van der Waals surface area contributed by atoms with Crippen LogP contribution in [0.5, 0.6) is 0 Å². The van der Waals surface area contributed by atoms with Crippen LogP contribution in [0.3, 0.4) is 0 Å². The largest absolute Gasteiger partial charge is 0.372 e. The van der Waals surface area contributed by atoms with Crippen molar-refractivity contribution in [2.75, 3.05) is 32.8 Å². The van der Waals surface area contributed by atoms with Crippen molar-refractivity contribution >= 4 is 5.91 Å². The van der Waals surface area contributed by atoms with Crippen molar-refractivity contribution in [3.63, 3.8) is 0 Å². The van der Waals surface area contributed by atoms with Crippen LogP contribution in [0.2, 0.25) is 0 Å². The Balaban J connectivity index is 1.96. The van der Waals surface area contributed by atoms with Crippen LogP contribution < -0.4 is 0 Å². The van der Waals surface area contributed by atoms with Gasteiger partial charge in [0.1, 0.15) is 0 Å². The Kier molecular flexibility index (Phi) is 4.40. The molecule has 0 saturated carbocycles. The van der Waals surface area contributed by atoms with Gasteiger partial charge in [-0.25, -0.2) is 0 Å². The van der Waals surface area contributed by atoms with Gasteiger partial charge in [-0.2, -0.15) is 0 Å². The van der Waals surface area contributed by atoms with Crippen LogP contribution in [0.4, 0.5) is 0 Å². The van der Waals surface area contributed by atoms with Gasteiger partial charge in [0.25, 0.3) is 0 Å². The van der Waals surface area contributed by atoms with Crippen LogP contribution in [-0.2, 0) is 9.53 Å². The van der Waals surface area contributed by atoms with E-state index in [4.69, 9.17) is 4.74 Å². The highest BCUT2D eigenvalue weighted by Gasteiger charge is 2.35. The Hall–Kier alpha value is -0.610. The van der Waals surface area contributed by atoms with Gasteiger partial charge in [-0.1, -0.05) is 6.42 Å². The van der Waals surface area contributed by atoms with Crippen molar-refractivity contribution in [2.45, 2.75) is 45.3 Å². The van der Waals surface area contributed by atoms with E-state index < -0.39 is 0 Å². The van der Waals surface area contributed by atoms with Crippen molar-refractivity contribution in [2.24, 2.45) is 0 Å². The number of rotatable bonds is 5. The summed E-state index contributed by atoms with van der Waals surface area (Å²) in [6.45, 7) is 8.62. The molecule has 0 aromatic rings. The molecule has 17 heavy (non-hydrogen) atoms. The number of likely N-dealkylation sites (tertiary alicyclic amines) is 1. The summed E-state index contributed by atoms with van der Waals surface area (Å²) in [4.78, 5) is 16.7. The van der Waals surface area contributed by atoms with E-state index in [1.807, 2.05) is 4.90 Å². The van der Waals surface area contributed by atoms with E-state index in [-0.39, 0.29) is 6.04 Å².